The molecule has 1 N–H and O–H groups in total. The van der Waals surface area contributed by atoms with Gasteiger partial charge >= 0.3 is 0 Å². The fraction of sp³-hybridized carbons (Fsp3) is 0. The van der Waals surface area contributed by atoms with Crippen LogP contribution in [0.1, 0.15) is 11.1 Å². The van der Waals surface area contributed by atoms with Crippen molar-refractivity contribution in [3.05, 3.63) is 72.2 Å². The van der Waals surface area contributed by atoms with E-state index in [1.165, 1.54) is 18.7 Å². The molecule has 0 unspecified atom stereocenters. The van der Waals surface area contributed by atoms with Gasteiger partial charge in [-0.05, 0) is 42.0 Å². The first-order valence-electron chi connectivity index (χ1n) is 7.74. The fourth-order valence-electron chi connectivity index (χ4n) is 2.59. The Morgan fingerprint density at radius 1 is 1.00 bits per heavy atom. The average Bonchev–Trinajstić information content (AvgIpc) is 3.39. The van der Waals surface area contributed by atoms with Gasteiger partial charge in [0.2, 0.25) is 5.88 Å². The maximum atomic E-state index is 9.65. The molecule has 4 rings (SSSR count). The summed E-state index contributed by atoms with van der Waals surface area (Å²) in [6, 6.07) is 15.6. The average molecular weight is 344 g/mol. The predicted molar refractivity (Wildman–Crippen MR) is 94.2 cm³/mol. The number of benzene rings is 1. The van der Waals surface area contributed by atoms with E-state index in [2.05, 4.69) is 11.1 Å². The molecule has 0 aliphatic heterocycles. The highest BCUT2D eigenvalue weighted by molar-refractivity contribution is 5.87. The van der Waals surface area contributed by atoms with E-state index >= 15 is 0 Å². The Bertz CT molecular complexity index is 1100. The summed E-state index contributed by atoms with van der Waals surface area (Å²) < 4.78 is 16.7. The maximum absolute atomic E-state index is 9.65. The Balaban J connectivity index is 1.86. The number of aliphatic imine (C=N–C) groups is 1. The van der Waals surface area contributed by atoms with Crippen LogP contribution >= 0.6 is 0 Å². The molecular formula is C20H12N2O4. The summed E-state index contributed by atoms with van der Waals surface area (Å²) >= 11 is 0. The summed E-state index contributed by atoms with van der Waals surface area (Å²) in [6.45, 7) is 0. The SMILES string of the molecule is N#Cc1c(N=Cc2cccc(O)c2)oc(-c2ccco2)c1-c1ccco1. The van der Waals surface area contributed by atoms with Gasteiger partial charge in [-0.3, -0.25) is 0 Å². The van der Waals surface area contributed by atoms with Crippen LogP contribution in [0, 0.1) is 11.3 Å². The van der Waals surface area contributed by atoms with Gasteiger partial charge in [0, 0.05) is 6.21 Å². The van der Waals surface area contributed by atoms with Crippen LogP contribution < -0.4 is 0 Å². The normalized spacial score (nSPS) is 11.0. The lowest BCUT2D eigenvalue weighted by Crippen LogP contribution is -1.81. The Labute approximate surface area is 148 Å². The number of nitriles is 1. The molecule has 0 aliphatic carbocycles. The second-order valence-electron chi connectivity index (χ2n) is 5.41. The molecule has 0 aliphatic rings. The molecule has 6 nitrogen and oxygen atoms in total. The largest absolute Gasteiger partial charge is 0.508 e. The molecule has 0 radical (unpaired) electrons. The van der Waals surface area contributed by atoms with E-state index in [1.54, 1.807) is 48.5 Å². The molecule has 3 aromatic heterocycles. The van der Waals surface area contributed by atoms with Gasteiger partial charge in [0.15, 0.2) is 11.5 Å². The van der Waals surface area contributed by atoms with Crippen LogP contribution in [0.25, 0.3) is 22.8 Å². The highest BCUT2D eigenvalue weighted by Crippen LogP contribution is 2.42. The van der Waals surface area contributed by atoms with Crippen LogP contribution in [0.5, 0.6) is 5.75 Å². The highest BCUT2D eigenvalue weighted by Gasteiger charge is 2.25. The van der Waals surface area contributed by atoms with Gasteiger partial charge in [0.1, 0.15) is 23.1 Å². The maximum Gasteiger partial charge on any atom is 0.238 e. The van der Waals surface area contributed by atoms with E-state index in [0.717, 1.165) is 0 Å². The van der Waals surface area contributed by atoms with Crippen molar-refractivity contribution < 1.29 is 18.4 Å². The standard InChI is InChI=1S/C20H12N2O4/c21-11-15-18(16-6-2-8-24-16)19(17-7-3-9-25-17)26-20(15)22-12-13-4-1-5-14(23)10-13/h1-10,12,23H. The van der Waals surface area contributed by atoms with E-state index < -0.39 is 0 Å². The molecule has 3 heterocycles. The lowest BCUT2D eigenvalue weighted by atomic mass is 10.1. The van der Waals surface area contributed by atoms with Gasteiger partial charge in [0.25, 0.3) is 0 Å². The first-order valence-corrected chi connectivity index (χ1v) is 7.74. The minimum atomic E-state index is 0.126. The third kappa shape index (κ3) is 2.78. The first-order chi connectivity index (χ1) is 12.8. The number of rotatable bonds is 4. The van der Waals surface area contributed by atoms with Crippen molar-refractivity contribution in [3.63, 3.8) is 0 Å². The first kappa shape index (κ1) is 15.5. The molecule has 1 aromatic carbocycles. The molecule has 0 fully saturated rings. The van der Waals surface area contributed by atoms with E-state index in [-0.39, 0.29) is 17.2 Å². The van der Waals surface area contributed by atoms with Gasteiger partial charge in [0.05, 0.1) is 18.1 Å². The minimum Gasteiger partial charge on any atom is -0.508 e. The number of nitrogens with zero attached hydrogens (tertiary/aromatic N) is 2. The summed E-state index contributed by atoms with van der Waals surface area (Å²) in [7, 11) is 0. The Morgan fingerprint density at radius 2 is 1.77 bits per heavy atom. The van der Waals surface area contributed by atoms with Crippen molar-refractivity contribution in [1.29, 1.82) is 5.26 Å². The monoisotopic (exact) mass is 344 g/mol. The smallest absolute Gasteiger partial charge is 0.238 e. The van der Waals surface area contributed by atoms with Crippen molar-refractivity contribution in [2.45, 2.75) is 0 Å². The van der Waals surface area contributed by atoms with E-state index in [9.17, 15) is 10.4 Å². The molecule has 4 aromatic rings. The number of aromatic hydroxyl groups is 1. The Kier molecular flexibility index (Phi) is 3.88. The van der Waals surface area contributed by atoms with E-state index in [1.807, 2.05) is 0 Å². The molecule has 26 heavy (non-hydrogen) atoms. The second kappa shape index (κ2) is 6.49. The van der Waals surface area contributed by atoms with Crippen molar-refractivity contribution in [2.24, 2.45) is 4.99 Å². The Hall–Kier alpha value is -3.98. The predicted octanol–water partition coefficient (Wildman–Crippen LogP) is 5.13. The van der Waals surface area contributed by atoms with Crippen LogP contribution in [0.4, 0.5) is 5.88 Å². The zero-order chi connectivity index (χ0) is 17.9. The van der Waals surface area contributed by atoms with Gasteiger partial charge < -0.3 is 18.4 Å². The zero-order valence-corrected chi connectivity index (χ0v) is 13.4. The van der Waals surface area contributed by atoms with Gasteiger partial charge in [-0.2, -0.15) is 5.26 Å². The zero-order valence-electron chi connectivity index (χ0n) is 13.4. The topological polar surface area (TPSA) is 95.8 Å². The molecule has 0 spiro atoms. The molecule has 0 bridgehead atoms. The summed E-state index contributed by atoms with van der Waals surface area (Å²) in [5.74, 6) is 1.57. The van der Waals surface area contributed by atoms with Gasteiger partial charge in [-0.25, -0.2) is 4.99 Å². The Morgan fingerprint density at radius 3 is 2.42 bits per heavy atom. The quantitative estimate of drug-likeness (QED) is 0.518. The number of phenols is 1. The number of hydrogen-bond donors (Lipinski definition) is 1. The fourth-order valence-corrected chi connectivity index (χ4v) is 2.59. The van der Waals surface area contributed by atoms with Crippen molar-refractivity contribution in [3.8, 4) is 34.7 Å². The number of phenolic OH excluding ortho intramolecular Hbond substituents is 1. The van der Waals surface area contributed by atoms with E-state index in [4.69, 9.17) is 13.3 Å². The van der Waals surface area contributed by atoms with Crippen LogP contribution in [0.15, 0.2) is 79.3 Å². The molecule has 0 atom stereocenters. The molecular weight excluding hydrogens is 332 g/mol. The number of furan rings is 3. The van der Waals surface area contributed by atoms with Crippen molar-refractivity contribution in [2.75, 3.05) is 0 Å². The summed E-state index contributed by atoms with van der Waals surface area (Å²) in [5, 5.41) is 19.2. The molecule has 126 valence electrons. The lowest BCUT2D eigenvalue weighted by molar-refractivity contribution is 0.475. The third-order valence-electron chi connectivity index (χ3n) is 3.72. The summed E-state index contributed by atoms with van der Waals surface area (Å²) in [6.07, 6.45) is 4.55. The van der Waals surface area contributed by atoms with Crippen LogP contribution in [-0.2, 0) is 0 Å². The third-order valence-corrected chi connectivity index (χ3v) is 3.72. The lowest BCUT2D eigenvalue weighted by Gasteiger charge is -1.96. The van der Waals surface area contributed by atoms with E-state index in [0.29, 0.717) is 28.4 Å². The van der Waals surface area contributed by atoms with Crippen molar-refractivity contribution in [1.82, 2.24) is 0 Å². The number of hydrogen-bond acceptors (Lipinski definition) is 6. The summed E-state index contributed by atoms with van der Waals surface area (Å²) in [4.78, 5) is 4.28. The summed E-state index contributed by atoms with van der Waals surface area (Å²) in [5.41, 5.74) is 1.39. The van der Waals surface area contributed by atoms with Crippen LogP contribution in [0.3, 0.4) is 0 Å². The second-order valence-corrected chi connectivity index (χ2v) is 5.41. The van der Waals surface area contributed by atoms with Gasteiger partial charge in [-0.15, -0.1) is 0 Å². The van der Waals surface area contributed by atoms with Crippen molar-refractivity contribution >= 4 is 12.1 Å². The molecule has 0 saturated heterocycles. The minimum absolute atomic E-state index is 0.126. The molecule has 0 saturated carbocycles. The molecule has 6 heteroatoms. The molecule has 0 amide bonds. The van der Waals surface area contributed by atoms with Gasteiger partial charge in [-0.1, -0.05) is 12.1 Å². The van der Waals surface area contributed by atoms with Crippen LogP contribution in [-0.4, -0.2) is 11.3 Å². The van der Waals surface area contributed by atoms with Crippen LogP contribution in [0.2, 0.25) is 0 Å². The highest BCUT2D eigenvalue weighted by atomic mass is 16.4.